The van der Waals surface area contributed by atoms with Crippen LogP contribution in [0.4, 0.5) is 0 Å². The fourth-order valence-corrected chi connectivity index (χ4v) is 1.78. The highest BCUT2D eigenvalue weighted by Crippen LogP contribution is 2.34. The van der Waals surface area contributed by atoms with Crippen LogP contribution in [-0.2, 0) is 4.74 Å². The van der Waals surface area contributed by atoms with Gasteiger partial charge in [-0.05, 0) is 17.7 Å². The summed E-state index contributed by atoms with van der Waals surface area (Å²) < 4.78 is 5.87. The largest absolute Gasteiger partial charge is 0.486 e. The van der Waals surface area contributed by atoms with Crippen LogP contribution in [0.5, 0.6) is 0 Å². The molecule has 0 saturated heterocycles. The molecule has 1 nitrogen and oxygen atoms in total. The molecule has 0 amide bonds. The summed E-state index contributed by atoms with van der Waals surface area (Å²) in [6.45, 7) is 8.10. The smallest absolute Gasteiger partial charge is 0.142 e. The van der Waals surface area contributed by atoms with Gasteiger partial charge in [-0.2, -0.15) is 0 Å². The summed E-state index contributed by atoms with van der Waals surface area (Å²) in [5, 5.41) is 0. The Morgan fingerprint density at radius 2 is 2.07 bits per heavy atom. The number of fused-ring (bicyclic) bond motifs is 1. The van der Waals surface area contributed by atoms with Crippen LogP contribution < -0.4 is 0 Å². The van der Waals surface area contributed by atoms with Crippen LogP contribution in [0, 0.1) is 5.92 Å². The van der Waals surface area contributed by atoms with Crippen molar-refractivity contribution >= 4 is 6.08 Å². The van der Waals surface area contributed by atoms with Crippen LogP contribution >= 0.6 is 0 Å². The van der Waals surface area contributed by atoms with E-state index in [1.165, 1.54) is 11.1 Å². The average molecular weight is 200 g/mol. The van der Waals surface area contributed by atoms with Crippen LogP contribution in [0.3, 0.4) is 0 Å². The molecule has 15 heavy (non-hydrogen) atoms. The van der Waals surface area contributed by atoms with E-state index in [2.05, 4.69) is 44.7 Å². The van der Waals surface area contributed by atoms with Gasteiger partial charge in [-0.15, -0.1) is 0 Å². The Kier molecular flexibility index (Phi) is 2.63. The molecule has 0 bridgehead atoms. The standard InChI is InChI=1S/C14H16O/c1-4-13-12-8-6-5-7-11(12)9-14(15-13)10(2)3/h4-10,13H,1H2,2-3H3. The first kappa shape index (κ1) is 10.0. The number of rotatable bonds is 2. The summed E-state index contributed by atoms with van der Waals surface area (Å²) in [5.74, 6) is 1.46. The van der Waals surface area contributed by atoms with Crippen LogP contribution in [0.1, 0.15) is 31.1 Å². The minimum absolute atomic E-state index is 0.00333. The van der Waals surface area contributed by atoms with Gasteiger partial charge in [0.05, 0.1) is 0 Å². The maximum Gasteiger partial charge on any atom is 0.142 e. The second-order valence-electron chi connectivity index (χ2n) is 4.10. The molecule has 0 N–H and O–H groups in total. The molecule has 1 aromatic carbocycles. The minimum Gasteiger partial charge on any atom is -0.486 e. The van der Waals surface area contributed by atoms with E-state index in [4.69, 9.17) is 4.74 Å². The third-order valence-electron chi connectivity index (χ3n) is 2.65. The third-order valence-corrected chi connectivity index (χ3v) is 2.65. The summed E-state index contributed by atoms with van der Waals surface area (Å²) in [6.07, 6.45) is 3.98. The highest BCUT2D eigenvalue weighted by atomic mass is 16.5. The van der Waals surface area contributed by atoms with Gasteiger partial charge in [0, 0.05) is 11.5 Å². The average Bonchev–Trinajstić information content (AvgIpc) is 2.27. The van der Waals surface area contributed by atoms with Gasteiger partial charge in [-0.1, -0.05) is 44.7 Å². The molecule has 1 heterocycles. The van der Waals surface area contributed by atoms with Gasteiger partial charge in [-0.25, -0.2) is 0 Å². The lowest BCUT2D eigenvalue weighted by atomic mass is 9.97. The molecule has 0 radical (unpaired) electrons. The molecular weight excluding hydrogens is 184 g/mol. The molecule has 0 saturated carbocycles. The van der Waals surface area contributed by atoms with Gasteiger partial charge >= 0.3 is 0 Å². The Hall–Kier alpha value is -1.50. The van der Waals surface area contributed by atoms with Crippen LogP contribution in [0.15, 0.2) is 42.7 Å². The second-order valence-corrected chi connectivity index (χ2v) is 4.10. The van der Waals surface area contributed by atoms with Crippen molar-refractivity contribution in [2.24, 2.45) is 5.92 Å². The quantitative estimate of drug-likeness (QED) is 0.657. The number of hydrogen-bond acceptors (Lipinski definition) is 1. The van der Waals surface area contributed by atoms with Crippen molar-refractivity contribution in [1.29, 1.82) is 0 Å². The number of ether oxygens (including phenoxy) is 1. The first-order chi connectivity index (χ1) is 7.22. The summed E-state index contributed by atoms with van der Waals surface area (Å²) >= 11 is 0. The van der Waals surface area contributed by atoms with Gasteiger partial charge in [0.2, 0.25) is 0 Å². The molecule has 0 spiro atoms. The van der Waals surface area contributed by atoms with Crippen molar-refractivity contribution < 1.29 is 4.74 Å². The minimum atomic E-state index is 0.00333. The predicted molar refractivity (Wildman–Crippen MR) is 63.3 cm³/mol. The van der Waals surface area contributed by atoms with Crippen molar-refractivity contribution in [2.45, 2.75) is 20.0 Å². The molecule has 0 fully saturated rings. The van der Waals surface area contributed by atoms with E-state index < -0.39 is 0 Å². The summed E-state index contributed by atoms with van der Waals surface area (Å²) in [6, 6.07) is 8.30. The van der Waals surface area contributed by atoms with Crippen molar-refractivity contribution in [3.63, 3.8) is 0 Å². The summed E-state index contributed by atoms with van der Waals surface area (Å²) in [7, 11) is 0. The lowest BCUT2D eigenvalue weighted by molar-refractivity contribution is 0.133. The van der Waals surface area contributed by atoms with Crippen molar-refractivity contribution in [2.75, 3.05) is 0 Å². The molecular formula is C14H16O. The fourth-order valence-electron chi connectivity index (χ4n) is 1.78. The Bertz CT molecular complexity index is 402. The van der Waals surface area contributed by atoms with E-state index in [9.17, 15) is 0 Å². The molecule has 78 valence electrons. The van der Waals surface area contributed by atoms with Crippen molar-refractivity contribution in [1.82, 2.24) is 0 Å². The van der Waals surface area contributed by atoms with Crippen LogP contribution in [-0.4, -0.2) is 0 Å². The van der Waals surface area contributed by atoms with Gasteiger partial charge in [0.25, 0.3) is 0 Å². The van der Waals surface area contributed by atoms with Crippen LogP contribution in [0.25, 0.3) is 6.08 Å². The van der Waals surface area contributed by atoms with Crippen molar-refractivity contribution in [3.8, 4) is 0 Å². The normalized spacial score (nSPS) is 19.1. The zero-order chi connectivity index (χ0) is 10.8. The SMILES string of the molecule is C=CC1OC(C(C)C)=Cc2ccccc21. The van der Waals surface area contributed by atoms with E-state index in [1.807, 2.05) is 12.1 Å². The first-order valence-corrected chi connectivity index (χ1v) is 5.32. The highest BCUT2D eigenvalue weighted by molar-refractivity contribution is 5.59. The van der Waals surface area contributed by atoms with Gasteiger partial charge in [-0.3, -0.25) is 0 Å². The van der Waals surface area contributed by atoms with E-state index in [0.29, 0.717) is 5.92 Å². The number of allylic oxidation sites excluding steroid dienone is 1. The topological polar surface area (TPSA) is 9.23 Å². The molecule has 1 aromatic rings. The van der Waals surface area contributed by atoms with Gasteiger partial charge in [0.1, 0.15) is 11.9 Å². The molecule has 1 aliphatic heterocycles. The van der Waals surface area contributed by atoms with E-state index in [1.54, 1.807) is 0 Å². The van der Waals surface area contributed by atoms with E-state index in [-0.39, 0.29) is 6.10 Å². The molecule has 1 aliphatic rings. The second kappa shape index (κ2) is 3.93. The first-order valence-electron chi connectivity index (χ1n) is 5.32. The van der Waals surface area contributed by atoms with E-state index in [0.717, 1.165) is 5.76 Å². The zero-order valence-electron chi connectivity index (χ0n) is 9.23. The Balaban J connectivity index is 2.48. The van der Waals surface area contributed by atoms with Crippen molar-refractivity contribution in [3.05, 3.63) is 53.8 Å². The number of hydrogen-bond donors (Lipinski definition) is 0. The molecule has 2 rings (SSSR count). The molecule has 1 atom stereocenters. The maximum atomic E-state index is 5.87. The molecule has 1 heteroatoms. The summed E-state index contributed by atoms with van der Waals surface area (Å²) in [5.41, 5.74) is 2.45. The maximum absolute atomic E-state index is 5.87. The Morgan fingerprint density at radius 1 is 1.33 bits per heavy atom. The number of benzene rings is 1. The highest BCUT2D eigenvalue weighted by Gasteiger charge is 2.20. The van der Waals surface area contributed by atoms with Gasteiger partial charge in [0.15, 0.2) is 0 Å². The summed E-state index contributed by atoms with van der Waals surface area (Å²) in [4.78, 5) is 0. The Morgan fingerprint density at radius 3 is 2.73 bits per heavy atom. The fraction of sp³-hybridized carbons (Fsp3) is 0.286. The molecule has 1 unspecified atom stereocenters. The monoisotopic (exact) mass is 200 g/mol. The van der Waals surface area contributed by atoms with Crippen LogP contribution in [0.2, 0.25) is 0 Å². The Labute approximate surface area is 91.1 Å². The zero-order valence-corrected chi connectivity index (χ0v) is 9.23. The van der Waals surface area contributed by atoms with E-state index >= 15 is 0 Å². The lowest BCUT2D eigenvalue weighted by Crippen LogP contribution is -2.11. The van der Waals surface area contributed by atoms with Gasteiger partial charge < -0.3 is 4.74 Å². The lowest BCUT2D eigenvalue weighted by Gasteiger charge is -2.26. The predicted octanol–water partition coefficient (Wildman–Crippen LogP) is 3.94. The molecule has 0 aromatic heterocycles. The third kappa shape index (κ3) is 1.82. The molecule has 0 aliphatic carbocycles.